The number of hydrogen-bond acceptors (Lipinski definition) is 6. The fourth-order valence-electron chi connectivity index (χ4n) is 14.7. The Morgan fingerprint density at radius 1 is 0.367 bits per heavy atom. The van der Waals surface area contributed by atoms with Crippen LogP contribution in [0.4, 0.5) is 22.7 Å². The first-order chi connectivity index (χ1) is 42.9. The smallest absolute Gasteiger partial charge is 0.266 e. The van der Waals surface area contributed by atoms with E-state index in [9.17, 15) is 9.59 Å². The summed E-state index contributed by atoms with van der Waals surface area (Å²) in [6.45, 7) is 31.6. The quantitative estimate of drug-likeness (QED) is 0.0873. The van der Waals surface area contributed by atoms with Crippen LogP contribution in [0.25, 0.3) is 87.6 Å². The maximum atomic E-state index is 15.0. The van der Waals surface area contributed by atoms with Crippen molar-refractivity contribution in [2.45, 2.75) is 120 Å². The Kier molecular flexibility index (Phi) is 13.3. The third-order valence-electron chi connectivity index (χ3n) is 19.3. The second-order valence-electron chi connectivity index (χ2n) is 26.7. The molecule has 10 aromatic rings. The van der Waals surface area contributed by atoms with Crippen LogP contribution in [0.2, 0.25) is 0 Å². The molecule has 0 aromatic heterocycles. The number of carbonyl (C=O) groups excluding carboxylic acids is 6. The van der Waals surface area contributed by atoms with Gasteiger partial charge < -0.3 is 10.6 Å². The van der Waals surface area contributed by atoms with E-state index in [4.69, 9.17) is 0 Å². The highest BCUT2D eigenvalue weighted by atomic mass is 16.2. The van der Waals surface area contributed by atoms with E-state index >= 15 is 19.2 Å². The zero-order chi connectivity index (χ0) is 63.5. The van der Waals surface area contributed by atoms with Gasteiger partial charge in [-0.25, -0.2) is 9.80 Å². The number of aryl methyl sites for hydroxylation is 4. The Morgan fingerprint density at radius 2 is 0.611 bits per heavy atom. The van der Waals surface area contributed by atoms with Crippen LogP contribution in [-0.2, 0) is 22.4 Å². The van der Waals surface area contributed by atoms with E-state index in [2.05, 4.69) is 86.2 Å². The van der Waals surface area contributed by atoms with Crippen molar-refractivity contribution < 1.29 is 28.8 Å². The molecule has 0 bridgehead atoms. The van der Waals surface area contributed by atoms with Crippen molar-refractivity contribution in [3.8, 4) is 44.5 Å². The summed E-state index contributed by atoms with van der Waals surface area (Å²) in [5, 5.41) is 13.6. The molecule has 90 heavy (non-hydrogen) atoms. The van der Waals surface area contributed by atoms with Crippen molar-refractivity contribution in [3.05, 3.63) is 212 Å². The molecular weight excluding hydrogens is 1110 g/mol. The van der Waals surface area contributed by atoms with Crippen LogP contribution in [0.1, 0.15) is 179 Å². The van der Waals surface area contributed by atoms with Crippen molar-refractivity contribution >= 4 is 101 Å². The first-order valence-electron chi connectivity index (χ1n) is 31.3. The molecule has 0 atom stereocenters. The maximum Gasteiger partial charge on any atom is 0.266 e. The molecule has 2 heterocycles. The first kappa shape index (κ1) is 57.7. The van der Waals surface area contributed by atoms with E-state index in [-0.39, 0.29) is 59.1 Å². The lowest BCUT2D eigenvalue weighted by Crippen LogP contribution is -2.42. The van der Waals surface area contributed by atoms with E-state index in [1.54, 1.807) is 13.8 Å². The van der Waals surface area contributed by atoms with Crippen LogP contribution in [0.5, 0.6) is 0 Å². The summed E-state index contributed by atoms with van der Waals surface area (Å²) in [5.74, 6) is -2.35. The molecule has 2 aliphatic heterocycles. The molecule has 14 rings (SSSR count). The third-order valence-corrected chi connectivity index (χ3v) is 19.3. The molecule has 2 aliphatic carbocycles. The molecule has 0 fully saturated rings. The lowest BCUT2D eigenvalue weighted by Gasteiger charge is -2.33. The fourth-order valence-corrected chi connectivity index (χ4v) is 14.7. The predicted molar refractivity (Wildman–Crippen MR) is 367 cm³/mol. The number of amides is 6. The van der Waals surface area contributed by atoms with Crippen molar-refractivity contribution in [1.82, 2.24) is 0 Å². The highest BCUT2D eigenvalue weighted by Gasteiger charge is 2.42. The van der Waals surface area contributed by atoms with Gasteiger partial charge in [0.05, 0.1) is 11.4 Å². The number of imide groups is 2. The van der Waals surface area contributed by atoms with Crippen LogP contribution in [0, 0.1) is 13.8 Å². The van der Waals surface area contributed by atoms with E-state index in [1.807, 2.05) is 128 Å². The van der Waals surface area contributed by atoms with E-state index in [0.717, 1.165) is 112 Å². The van der Waals surface area contributed by atoms with E-state index in [0.29, 0.717) is 66.9 Å². The molecule has 2 N–H and O–H groups in total. The maximum absolute atomic E-state index is 15.0. The highest BCUT2D eigenvalue weighted by Crippen LogP contribution is 2.55. The van der Waals surface area contributed by atoms with Gasteiger partial charge in [0, 0.05) is 55.5 Å². The molecule has 6 amide bonds. The van der Waals surface area contributed by atoms with E-state index in [1.165, 1.54) is 32.1 Å². The van der Waals surface area contributed by atoms with Gasteiger partial charge in [-0.2, -0.15) is 0 Å². The zero-order valence-corrected chi connectivity index (χ0v) is 53.0. The molecule has 0 unspecified atom stereocenters. The summed E-state index contributed by atoms with van der Waals surface area (Å²) in [6, 6.07) is 41.6. The Morgan fingerprint density at radius 3 is 0.867 bits per heavy atom. The second-order valence-corrected chi connectivity index (χ2v) is 26.7. The van der Waals surface area contributed by atoms with Crippen LogP contribution in [0.3, 0.4) is 0 Å². The van der Waals surface area contributed by atoms with Crippen molar-refractivity contribution in [3.63, 3.8) is 0 Å². The van der Waals surface area contributed by atoms with Gasteiger partial charge in [0.25, 0.3) is 35.4 Å². The van der Waals surface area contributed by atoms with Crippen LogP contribution in [-0.4, -0.2) is 35.4 Å². The minimum Gasteiger partial charge on any atom is -0.322 e. The summed E-state index contributed by atoms with van der Waals surface area (Å²) in [4.78, 5) is 88.5. The number of carbonyl (C=O) groups is 6. The average molecular weight is 1180 g/mol. The summed E-state index contributed by atoms with van der Waals surface area (Å²) < 4.78 is 0. The average Bonchev–Trinajstić information content (AvgIpc) is 1.44. The van der Waals surface area contributed by atoms with Crippen molar-refractivity contribution in [1.29, 1.82) is 0 Å². The minimum absolute atomic E-state index is 0.0769. The van der Waals surface area contributed by atoms with Crippen molar-refractivity contribution in [2.75, 3.05) is 20.4 Å². The first-order valence-corrected chi connectivity index (χ1v) is 31.3. The molecular formula is C80H70N4O6. The standard InChI is InChI=1S/C80H70N4O6/c1-37(2)61-33-51(81-75(85)41(9)10)34-62(38(3)4)73(61)83-77(87)57-21-17-53-65-29-47-25-43(13)45(27-49(47)31-67(65)55-19-23-59(79(83)89)71(57)69(53)55)15-16-46-28-50-32-68-56-20-24-60-72-58(22-18-54(70(56)72)66(68)30-48(50)26-44(46)14)78(88)84(80(60)90)74-63(39(5)6)35-52(36-64(74)40(7)8)82-76(86)42(11)12/h17-40H,9,11,15-16H2,1-8,10,12-14H3,(H,81,85)(H,82,86). The number of anilines is 4. The lowest BCUT2D eigenvalue weighted by molar-refractivity contribution is -0.113. The Bertz CT molecular complexity index is 4650. The van der Waals surface area contributed by atoms with Gasteiger partial charge in [0.1, 0.15) is 0 Å². The molecule has 10 aromatic carbocycles. The number of nitrogens with zero attached hydrogens (tertiary/aromatic N) is 2. The molecule has 4 aliphatic rings. The topological polar surface area (TPSA) is 133 Å². The van der Waals surface area contributed by atoms with Crippen molar-refractivity contribution in [2.24, 2.45) is 0 Å². The van der Waals surface area contributed by atoms with Gasteiger partial charge in [0.15, 0.2) is 0 Å². The SMILES string of the molecule is C=C(C)C(=O)Nc1cc(C(C)C)c(N2C(=O)c3ccc4c5c(ccc(c35)C2=O)-c2cc3cc(CCc5cc6cc7c(cc6cc5C)-c5ccc6c8c(ccc-7c58)C(=O)N(c5c(C(C)C)cc(NC(=O)C(=C)C)cc5C(C)C)C6=O)c(C)cc3cc2-4)c(C(C)C)c1. The van der Waals surface area contributed by atoms with E-state index < -0.39 is 0 Å². The van der Waals surface area contributed by atoms with Crippen LogP contribution < -0.4 is 20.4 Å². The van der Waals surface area contributed by atoms with Gasteiger partial charge in [0.2, 0.25) is 0 Å². The number of benzene rings is 10. The minimum atomic E-state index is -0.364. The monoisotopic (exact) mass is 1180 g/mol. The molecule has 10 nitrogen and oxygen atoms in total. The highest BCUT2D eigenvalue weighted by molar-refractivity contribution is 6.40. The number of nitrogens with one attached hydrogen (secondary N) is 2. The number of hydrogen-bond donors (Lipinski definition) is 2. The normalized spacial score (nSPS) is 13.6. The number of fused-ring (bicyclic) bond motifs is 8. The summed E-state index contributed by atoms with van der Waals surface area (Å²) in [7, 11) is 0. The Hall–Kier alpha value is -10.1. The Balaban J connectivity index is 0.760. The van der Waals surface area contributed by atoms with Gasteiger partial charge in [-0.05, 0) is 258 Å². The van der Waals surface area contributed by atoms with Crippen LogP contribution in [0.15, 0.2) is 146 Å². The van der Waals surface area contributed by atoms with Gasteiger partial charge >= 0.3 is 0 Å². The molecule has 0 radical (unpaired) electrons. The lowest BCUT2D eigenvalue weighted by atomic mass is 9.87. The summed E-state index contributed by atoms with van der Waals surface area (Å²) in [6.07, 6.45) is 1.65. The fraction of sp³-hybridized carbons (Fsp3) is 0.225. The van der Waals surface area contributed by atoms with Crippen LogP contribution >= 0.6 is 0 Å². The molecule has 446 valence electrons. The van der Waals surface area contributed by atoms with Gasteiger partial charge in [-0.3, -0.25) is 28.8 Å². The predicted octanol–water partition coefficient (Wildman–Crippen LogP) is 19.1. The Labute approximate surface area is 524 Å². The third kappa shape index (κ3) is 8.65. The summed E-state index contributed by atoms with van der Waals surface area (Å²) >= 11 is 0. The summed E-state index contributed by atoms with van der Waals surface area (Å²) in [5.41, 5.74) is 21.5. The second kappa shape index (κ2) is 20.8. The van der Waals surface area contributed by atoms with Gasteiger partial charge in [-0.15, -0.1) is 0 Å². The largest absolute Gasteiger partial charge is 0.322 e. The molecule has 0 saturated heterocycles. The van der Waals surface area contributed by atoms with Gasteiger partial charge in [-0.1, -0.05) is 117 Å². The molecule has 0 saturated carbocycles. The molecule has 10 heteroatoms. The zero-order valence-electron chi connectivity index (χ0n) is 53.0. The molecule has 0 spiro atoms. The number of rotatable bonds is 13.